The van der Waals surface area contributed by atoms with Crippen LogP contribution in [0.1, 0.15) is 44.3 Å². The molecule has 27 heavy (non-hydrogen) atoms. The number of hydrogen-bond acceptors (Lipinski definition) is 6. The van der Waals surface area contributed by atoms with Gasteiger partial charge in [0, 0.05) is 12.3 Å². The molecule has 0 spiro atoms. The SMILES string of the molecule is Cc1nc(SCCNC(=O)C23CC4CC(C2)CC(n2cncn2)(C4)C3)n[nH]1. The summed E-state index contributed by atoms with van der Waals surface area (Å²) in [5.41, 5.74) is -0.245. The highest BCUT2D eigenvalue weighted by molar-refractivity contribution is 7.99. The molecular formula is C18H25N7OS. The summed E-state index contributed by atoms with van der Waals surface area (Å²) in [5, 5.41) is 15.4. The molecule has 4 bridgehead atoms. The van der Waals surface area contributed by atoms with E-state index in [1.807, 2.05) is 17.9 Å². The van der Waals surface area contributed by atoms with Crippen molar-refractivity contribution in [3.63, 3.8) is 0 Å². The summed E-state index contributed by atoms with van der Waals surface area (Å²) in [4.78, 5) is 21.7. The first-order chi connectivity index (χ1) is 13.1. The fraction of sp³-hybridized carbons (Fsp3) is 0.722. The third-order valence-electron chi connectivity index (χ3n) is 6.61. The minimum absolute atomic E-state index is 0.0108. The highest BCUT2D eigenvalue weighted by Crippen LogP contribution is 2.64. The number of carbonyl (C=O) groups excluding carboxylic acids is 1. The molecule has 2 aromatic rings. The van der Waals surface area contributed by atoms with Gasteiger partial charge >= 0.3 is 0 Å². The molecule has 4 saturated carbocycles. The third kappa shape index (κ3) is 2.96. The number of aromatic amines is 1. The molecule has 0 aromatic carbocycles. The van der Waals surface area contributed by atoms with E-state index < -0.39 is 0 Å². The Morgan fingerprint density at radius 2 is 2.19 bits per heavy atom. The van der Waals surface area contributed by atoms with E-state index in [1.54, 1.807) is 18.1 Å². The zero-order valence-corrected chi connectivity index (χ0v) is 16.3. The minimum atomic E-state index is -0.234. The molecule has 2 N–H and O–H groups in total. The quantitative estimate of drug-likeness (QED) is 0.580. The first-order valence-electron chi connectivity index (χ1n) is 9.72. The smallest absolute Gasteiger partial charge is 0.226 e. The standard InChI is InChI=1S/C18H25N7OS/c1-12-22-16(24-23-12)27-3-2-20-15(26)17-5-13-4-14(6-17)8-18(7-13,9-17)25-11-19-10-21-25/h10-11,13-14H,2-9H2,1H3,(H,20,26)(H,22,23,24). The highest BCUT2D eigenvalue weighted by Gasteiger charge is 2.61. The molecule has 1 amide bonds. The molecule has 2 unspecified atom stereocenters. The number of nitrogens with one attached hydrogen (secondary N) is 2. The van der Waals surface area contributed by atoms with E-state index in [9.17, 15) is 4.79 Å². The highest BCUT2D eigenvalue weighted by atomic mass is 32.2. The van der Waals surface area contributed by atoms with Gasteiger partial charge in [0.05, 0.1) is 11.0 Å². The van der Waals surface area contributed by atoms with Gasteiger partial charge in [0.15, 0.2) is 0 Å². The van der Waals surface area contributed by atoms with Crippen molar-refractivity contribution in [3.05, 3.63) is 18.5 Å². The first kappa shape index (κ1) is 17.2. The molecular weight excluding hydrogens is 362 g/mol. The van der Waals surface area contributed by atoms with Crippen LogP contribution in [0.25, 0.3) is 0 Å². The lowest BCUT2D eigenvalue weighted by Gasteiger charge is -2.60. The number of aryl methyl sites for hydroxylation is 1. The molecule has 4 fully saturated rings. The van der Waals surface area contributed by atoms with Crippen LogP contribution < -0.4 is 5.32 Å². The summed E-state index contributed by atoms with van der Waals surface area (Å²) in [7, 11) is 0. The summed E-state index contributed by atoms with van der Waals surface area (Å²) < 4.78 is 2.05. The number of rotatable bonds is 6. The molecule has 6 rings (SSSR count). The van der Waals surface area contributed by atoms with Crippen LogP contribution >= 0.6 is 11.8 Å². The summed E-state index contributed by atoms with van der Waals surface area (Å²) in [6.07, 6.45) is 9.96. The summed E-state index contributed by atoms with van der Waals surface area (Å²) in [5.74, 6) is 3.08. The molecule has 2 heterocycles. The van der Waals surface area contributed by atoms with Crippen molar-refractivity contribution in [1.29, 1.82) is 0 Å². The van der Waals surface area contributed by atoms with Gasteiger partial charge in [-0.2, -0.15) is 5.10 Å². The van der Waals surface area contributed by atoms with E-state index in [2.05, 4.69) is 30.6 Å². The molecule has 9 heteroatoms. The molecule has 4 aliphatic rings. The zero-order chi connectivity index (χ0) is 18.5. The van der Waals surface area contributed by atoms with Gasteiger partial charge in [-0.05, 0) is 57.3 Å². The fourth-order valence-corrected chi connectivity index (χ4v) is 6.78. The third-order valence-corrected chi connectivity index (χ3v) is 7.46. The molecule has 8 nitrogen and oxygen atoms in total. The monoisotopic (exact) mass is 387 g/mol. The first-order valence-corrected chi connectivity index (χ1v) is 10.7. The van der Waals surface area contributed by atoms with Gasteiger partial charge < -0.3 is 5.32 Å². The Bertz CT molecular complexity index is 819. The van der Waals surface area contributed by atoms with Crippen molar-refractivity contribution in [2.75, 3.05) is 12.3 Å². The van der Waals surface area contributed by atoms with Gasteiger partial charge in [-0.1, -0.05) is 11.8 Å². The van der Waals surface area contributed by atoms with E-state index in [4.69, 9.17) is 0 Å². The van der Waals surface area contributed by atoms with Crippen LogP contribution in [0.5, 0.6) is 0 Å². The maximum atomic E-state index is 13.2. The van der Waals surface area contributed by atoms with Crippen LogP contribution in [-0.4, -0.2) is 48.2 Å². The molecule has 144 valence electrons. The molecule has 2 aromatic heterocycles. The van der Waals surface area contributed by atoms with Gasteiger partial charge in [-0.3, -0.25) is 9.89 Å². The van der Waals surface area contributed by atoms with E-state index >= 15 is 0 Å². The number of amides is 1. The Labute approximate surface area is 162 Å². The Kier molecular flexibility index (Phi) is 4.03. The Balaban J connectivity index is 1.26. The Hall–Kier alpha value is -1.90. The van der Waals surface area contributed by atoms with Gasteiger partial charge in [0.1, 0.15) is 18.5 Å². The van der Waals surface area contributed by atoms with Crippen LogP contribution in [-0.2, 0) is 10.3 Å². The van der Waals surface area contributed by atoms with Crippen LogP contribution in [0.2, 0.25) is 0 Å². The molecule has 4 aliphatic carbocycles. The van der Waals surface area contributed by atoms with Gasteiger partial charge in [0.25, 0.3) is 0 Å². The summed E-state index contributed by atoms with van der Waals surface area (Å²) >= 11 is 1.57. The Morgan fingerprint density at radius 3 is 2.85 bits per heavy atom. The molecule has 2 atom stereocenters. The maximum Gasteiger partial charge on any atom is 0.226 e. The van der Waals surface area contributed by atoms with Crippen LogP contribution in [0.15, 0.2) is 17.8 Å². The fourth-order valence-electron chi connectivity index (χ4n) is 6.08. The summed E-state index contributed by atoms with van der Waals surface area (Å²) in [6.45, 7) is 2.53. The number of thioether (sulfide) groups is 1. The minimum Gasteiger partial charge on any atom is -0.355 e. The van der Waals surface area contributed by atoms with Gasteiger partial charge in [-0.25, -0.2) is 14.6 Å². The number of nitrogens with zero attached hydrogens (tertiary/aromatic N) is 5. The second kappa shape index (κ2) is 6.32. The maximum absolute atomic E-state index is 13.2. The lowest BCUT2D eigenvalue weighted by atomic mass is 9.46. The van der Waals surface area contributed by atoms with Crippen molar-refractivity contribution in [2.24, 2.45) is 17.3 Å². The van der Waals surface area contributed by atoms with Crippen molar-refractivity contribution >= 4 is 17.7 Å². The second-order valence-electron chi connectivity index (χ2n) is 8.61. The van der Waals surface area contributed by atoms with Crippen LogP contribution in [0.3, 0.4) is 0 Å². The molecule has 0 saturated heterocycles. The normalized spacial score (nSPS) is 34.1. The summed E-state index contributed by atoms with van der Waals surface area (Å²) in [6, 6.07) is 0. The van der Waals surface area contributed by atoms with Crippen LogP contribution in [0.4, 0.5) is 0 Å². The Morgan fingerprint density at radius 1 is 1.37 bits per heavy atom. The molecule has 0 radical (unpaired) electrons. The van der Waals surface area contributed by atoms with Crippen molar-refractivity contribution < 1.29 is 4.79 Å². The van der Waals surface area contributed by atoms with Crippen molar-refractivity contribution in [3.8, 4) is 0 Å². The average Bonchev–Trinajstić information content (AvgIpc) is 3.29. The number of carbonyl (C=O) groups is 1. The van der Waals surface area contributed by atoms with E-state index in [0.717, 1.165) is 48.8 Å². The lowest BCUT2D eigenvalue weighted by Crippen LogP contribution is -2.61. The van der Waals surface area contributed by atoms with E-state index in [1.165, 1.54) is 6.42 Å². The van der Waals surface area contributed by atoms with E-state index in [0.29, 0.717) is 18.4 Å². The topological polar surface area (TPSA) is 101 Å². The lowest BCUT2D eigenvalue weighted by molar-refractivity contribution is -0.155. The van der Waals surface area contributed by atoms with Gasteiger partial charge in [-0.15, -0.1) is 5.10 Å². The van der Waals surface area contributed by atoms with Gasteiger partial charge in [0.2, 0.25) is 11.1 Å². The van der Waals surface area contributed by atoms with E-state index in [-0.39, 0.29) is 16.9 Å². The van der Waals surface area contributed by atoms with Crippen molar-refractivity contribution in [2.45, 2.75) is 56.1 Å². The number of hydrogen-bond donors (Lipinski definition) is 2. The zero-order valence-electron chi connectivity index (χ0n) is 15.5. The predicted octanol–water partition coefficient (Wildman–Crippen LogP) is 1.91. The largest absolute Gasteiger partial charge is 0.355 e. The number of aromatic nitrogens is 6. The van der Waals surface area contributed by atoms with Crippen molar-refractivity contribution in [1.82, 2.24) is 35.3 Å². The second-order valence-corrected chi connectivity index (χ2v) is 9.68. The predicted molar refractivity (Wildman–Crippen MR) is 100.0 cm³/mol. The average molecular weight is 388 g/mol. The molecule has 0 aliphatic heterocycles. The van der Waals surface area contributed by atoms with Crippen LogP contribution in [0, 0.1) is 24.2 Å². The number of H-pyrrole nitrogens is 1.